The zero-order valence-electron chi connectivity index (χ0n) is 10.7. The highest BCUT2D eigenvalue weighted by Crippen LogP contribution is 2.26. The molecule has 1 amide bonds. The van der Waals surface area contributed by atoms with E-state index in [0.29, 0.717) is 12.3 Å². The third-order valence-corrected chi connectivity index (χ3v) is 2.67. The molecular weight excluding hydrogens is 248 g/mol. The van der Waals surface area contributed by atoms with Crippen LogP contribution in [0.4, 0.5) is 0 Å². The number of methoxy groups -OCH3 is 1. The molecule has 0 aliphatic rings. The molecule has 1 heterocycles. The number of hydrogen-bond acceptors (Lipinski definition) is 5. The van der Waals surface area contributed by atoms with Crippen molar-refractivity contribution in [1.29, 1.82) is 0 Å². The van der Waals surface area contributed by atoms with E-state index in [2.05, 4.69) is 9.68 Å². The summed E-state index contributed by atoms with van der Waals surface area (Å²) in [5.74, 6) is 0.195. The van der Waals surface area contributed by atoms with Crippen molar-refractivity contribution in [1.82, 2.24) is 10.1 Å². The van der Waals surface area contributed by atoms with Crippen molar-refractivity contribution in [2.24, 2.45) is 0 Å². The molecule has 0 fully saturated rings. The summed E-state index contributed by atoms with van der Waals surface area (Å²) in [4.78, 5) is 13.4. The Morgan fingerprint density at radius 2 is 2.26 bits per heavy atom. The first-order chi connectivity index (χ1) is 9.11. The van der Waals surface area contributed by atoms with Crippen LogP contribution in [0.2, 0.25) is 0 Å². The molecule has 2 aromatic rings. The number of nitrogens with zero attached hydrogens (tertiary/aromatic N) is 2. The molecule has 0 spiro atoms. The molecule has 0 bridgehead atoms. The first-order valence-corrected chi connectivity index (χ1v) is 5.63. The molecule has 0 aliphatic carbocycles. The van der Waals surface area contributed by atoms with Crippen molar-refractivity contribution in [3.8, 4) is 11.5 Å². The van der Waals surface area contributed by atoms with Gasteiger partial charge in [-0.2, -0.15) is 0 Å². The van der Waals surface area contributed by atoms with Gasteiger partial charge in [-0.05, 0) is 17.7 Å². The Morgan fingerprint density at radius 1 is 1.47 bits per heavy atom. The molecule has 100 valence electrons. The Kier molecular flexibility index (Phi) is 3.70. The van der Waals surface area contributed by atoms with E-state index in [4.69, 9.17) is 4.74 Å². The van der Waals surface area contributed by atoms with Crippen LogP contribution in [0.25, 0.3) is 0 Å². The Labute approximate surface area is 110 Å². The maximum atomic E-state index is 11.9. The molecule has 0 aliphatic heterocycles. The number of carbonyl (C=O) groups is 1. The van der Waals surface area contributed by atoms with E-state index in [1.54, 1.807) is 25.2 Å². The fraction of sp³-hybridized carbons (Fsp3) is 0.231. The van der Waals surface area contributed by atoms with Crippen molar-refractivity contribution < 1.29 is 19.2 Å². The van der Waals surface area contributed by atoms with Crippen LogP contribution >= 0.6 is 0 Å². The predicted octanol–water partition coefficient (Wildman–Crippen LogP) is 1.66. The van der Waals surface area contributed by atoms with Crippen LogP contribution in [0, 0.1) is 0 Å². The first kappa shape index (κ1) is 12.9. The van der Waals surface area contributed by atoms with E-state index < -0.39 is 0 Å². The van der Waals surface area contributed by atoms with Gasteiger partial charge in [-0.25, -0.2) is 0 Å². The third kappa shape index (κ3) is 2.85. The van der Waals surface area contributed by atoms with Gasteiger partial charge in [0.2, 0.25) is 0 Å². The smallest absolute Gasteiger partial charge is 0.276 e. The third-order valence-electron chi connectivity index (χ3n) is 2.67. The van der Waals surface area contributed by atoms with Crippen molar-refractivity contribution in [2.45, 2.75) is 6.54 Å². The summed E-state index contributed by atoms with van der Waals surface area (Å²) in [5, 5.41) is 13.3. The summed E-state index contributed by atoms with van der Waals surface area (Å²) in [6.45, 7) is 0.350. The lowest BCUT2D eigenvalue weighted by Gasteiger charge is -2.16. The van der Waals surface area contributed by atoms with Gasteiger partial charge in [0.1, 0.15) is 6.26 Å². The molecule has 1 aromatic heterocycles. The van der Waals surface area contributed by atoms with E-state index >= 15 is 0 Å². The number of amides is 1. The van der Waals surface area contributed by atoms with Gasteiger partial charge in [0.25, 0.3) is 5.91 Å². The standard InChI is InChI=1S/C13H14N2O4/c1-15(13(17)10-5-6-19-14-10)8-9-3-4-12(18-2)11(16)7-9/h3-7,16H,8H2,1-2H3. The molecule has 6 heteroatoms. The molecule has 0 radical (unpaired) electrons. The predicted molar refractivity (Wildman–Crippen MR) is 67.0 cm³/mol. The summed E-state index contributed by atoms with van der Waals surface area (Å²) in [6, 6.07) is 6.50. The number of aromatic hydroxyl groups is 1. The fourth-order valence-corrected chi connectivity index (χ4v) is 1.70. The number of phenolic OH excluding ortho intramolecular Hbond substituents is 1. The zero-order chi connectivity index (χ0) is 13.8. The minimum Gasteiger partial charge on any atom is -0.504 e. The maximum Gasteiger partial charge on any atom is 0.276 e. The Bertz CT molecular complexity index is 566. The molecular formula is C13H14N2O4. The Morgan fingerprint density at radius 3 is 2.84 bits per heavy atom. The van der Waals surface area contributed by atoms with E-state index in [1.165, 1.54) is 24.3 Å². The number of phenols is 1. The highest BCUT2D eigenvalue weighted by Gasteiger charge is 2.15. The van der Waals surface area contributed by atoms with Crippen LogP contribution < -0.4 is 4.74 Å². The lowest BCUT2D eigenvalue weighted by Crippen LogP contribution is -2.26. The van der Waals surface area contributed by atoms with E-state index in [9.17, 15) is 9.90 Å². The summed E-state index contributed by atoms with van der Waals surface area (Å²) in [5.41, 5.74) is 1.04. The molecule has 6 nitrogen and oxygen atoms in total. The minimum absolute atomic E-state index is 0.0438. The Hall–Kier alpha value is -2.50. The van der Waals surface area contributed by atoms with Crippen LogP contribution in [-0.2, 0) is 6.54 Å². The molecule has 0 saturated carbocycles. The number of ether oxygens (including phenoxy) is 1. The number of hydrogen-bond donors (Lipinski definition) is 1. The fourth-order valence-electron chi connectivity index (χ4n) is 1.70. The van der Waals surface area contributed by atoms with Crippen molar-refractivity contribution in [2.75, 3.05) is 14.2 Å². The summed E-state index contributed by atoms with van der Waals surface area (Å²) >= 11 is 0. The van der Waals surface area contributed by atoms with Gasteiger partial charge >= 0.3 is 0 Å². The summed E-state index contributed by atoms with van der Waals surface area (Å²) < 4.78 is 9.59. The monoisotopic (exact) mass is 262 g/mol. The second-order valence-corrected chi connectivity index (χ2v) is 4.05. The maximum absolute atomic E-state index is 11.9. The van der Waals surface area contributed by atoms with Gasteiger partial charge in [0, 0.05) is 19.7 Å². The second kappa shape index (κ2) is 5.43. The number of carbonyl (C=O) groups excluding carboxylic acids is 1. The average Bonchev–Trinajstić information content (AvgIpc) is 2.92. The van der Waals surface area contributed by atoms with Crippen molar-refractivity contribution in [3.05, 3.63) is 41.8 Å². The molecule has 19 heavy (non-hydrogen) atoms. The summed E-state index contributed by atoms with van der Waals surface area (Å²) in [6.07, 6.45) is 1.35. The van der Waals surface area contributed by atoms with Crippen molar-refractivity contribution >= 4 is 5.91 Å². The van der Waals surface area contributed by atoms with Crippen LogP contribution in [0.5, 0.6) is 11.5 Å². The molecule has 1 N–H and O–H groups in total. The molecule has 2 rings (SSSR count). The van der Waals surface area contributed by atoms with Crippen LogP contribution in [0.15, 0.2) is 35.1 Å². The molecule has 0 saturated heterocycles. The van der Waals surface area contributed by atoms with Gasteiger partial charge in [0.15, 0.2) is 17.2 Å². The van der Waals surface area contributed by atoms with Gasteiger partial charge in [-0.3, -0.25) is 4.79 Å². The number of aromatic nitrogens is 1. The average molecular weight is 262 g/mol. The van der Waals surface area contributed by atoms with Crippen LogP contribution in [0.1, 0.15) is 16.1 Å². The number of benzene rings is 1. The van der Waals surface area contributed by atoms with Crippen LogP contribution in [0.3, 0.4) is 0 Å². The molecule has 0 atom stereocenters. The van der Waals surface area contributed by atoms with E-state index in [-0.39, 0.29) is 17.4 Å². The van der Waals surface area contributed by atoms with E-state index in [1.807, 2.05) is 0 Å². The quantitative estimate of drug-likeness (QED) is 0.906. The number of rotatable bonds is 4. The Balaban J connectivity index is 2.08. The van der Waals surface area contributed by atoms with Gasteiger partial charge in [0.05, 0.1) is 7.11 Å². The highest BCUT2D eigenvalue weighted by molar-refractivity contribution is 5.91. The minimum atomic E-state index is -0.246. The lowest BCUT2D eigenvalue weighted by atomic mass is 10.2. The molecule has 0 unspecified atom stereocenters. The topological polar surface area (TPSA) is 75.8 Å². The van der Waals surface area contributed by atoms with Gasteiger partial charge < -0.3 is 19.3 Å². The normalized spacial score (nSPS) is 10.2. The van der Waals surface area contributed by atoms with Crippen molar-refractivity contribution in [3.63, 3.8) is 0 Å². The lowest BCUT2D eigenvalue weighted by molar-refractivity contribution is 0.0774. The van der Waals surface area contributed by atoms with Gasteiger partial charge in [-0.1, -0.05) is 11.2 Å². The highest BCUT2D eigenvalue weighted by atomic mass is 16.5. The summed E-state index contributed by atoms with van der Waals surface area (Å²) in [7, 11) is 3.13. The second-order valence-electron chi connectivity index (χ2n) is 4.05. The van der Waals surface area contributed by atoms with E-state index in [0.717, 1.165) is 5.56 Å². The van der Waals surface area contributed by atoms with Crippen LogP contribution in [-0.4, -0.2) is 35.2 Å². The van der Waals surface area contributed by atoms with Gasteiger partial charge in [-0.15, -0.1) is 0 Å². The largest absolute Gasteiger partial charge is 0.504 e. The first-order valence-electron chi connectivity index (χ1n) is 5.63. The molecule has 1 aromatic carbocycles. The SMILES string of the molecule is COc1ccc(CN(C)C(=O)c2ccon2)cc1O. The zero-order valence-corrected chi connectivity index (χ0v) is 10.7.